The zero-order valence-electron chi connectivity index (χ0n) is 16.3. The SMILES string of the molecule is Cn1nccc1-c1cnccc1Oc1ccc2nc(NC3CCCCC3)sc2c1. The van der Waals surface area contributed by atoms with Gasteiger partial charge in [0.05, 0.1) is 21.5 Å². The first-order valence-electron chi connectivity index (χ1n) is 10.0. The number of hydrogen-bond acceptors (Lipinski definition) is 6. The van der Waals surface area contributed by atoms with Crippen molar-refractivity contribution in [1.29, 1.82) is 0 Å². The first kappa shape index (κ1) is 18.1. The van der Waals surface area contributed by atoms with E-state index in [1.807, 2.05) is 42.2 Å². The molecular weight excluding hydrogens is 382 g/mol. The van der Waals surface area contributed by atoms with Gasteiger partial charge in [-0.05, 0) is 37.1 Å². The average molecular weight is 406 g/mol. The molecule has 4 aromatic rings. The Morgan fingerprint density at radius 1 is 1.10 bits per heavy atom. The van der Waals surface area contributed by atoms with E-state index in [9.17, 15) is 0 Å². The lowest BCUT2D eigenvalue weighted by Gasteiger charge is -2.22. The summed E-state index contributed by atoms with van der Waals surface area (Å²) in [7, 11) is 1.91. The molecule has 0 unspecified atom stereocenters. The fraction of sp³-hybridized carbons (Fsp3) is 0.318. The highest BCUT2D eigenvalue weighted by molar-refractivity contribution is 7.22. The molecule has 0 aliphatic heterocycles. The third-order valence-electron chi connectivity index (χ3n) is 5.40. The Morgan fingerprint density at radius 2 is 2.00 bits per heavy atom. The van der Waals surface area contributed by atoms with Crippen LogP contribution in [0.2, 0.25) is 0 Å². The van der Waals surface area contributed by atoms with E-state index in [4.69, 9.17) is 9.72 Å². The molecule has 1 fully saturated rings. The standard InChI is InChI=1S/C22H23N5OS/c1-27-19(9-12-24-27)17-14-23-11-10-20(17)28-16-7-8-18-21(13-16)29-22(26-18)25-15-5-3-2-4-6-15/h7-15H,2-6H2,1H3,(H,25,26). The lowest BCUT2D eigenvalue weighted by molar-refractivity contribution is 0.462. The smallest absolute Gasteiger partial charge is 0.184 e. The van der Waals surface area contributed by atoms with Gasteiger partial charge in [0, 0.05) is 37.7 Å². The van der Waals surface area contributed by atoms with Crippen LogP contribution in [0.15, 0.2) is 48.9 Å². The maximum Gasteiger partial charge on any atom is 0.184 e. The zero-order chi connectivity index (χ0) is 19.6. The molecular formula is C22H23N5OS. The molecule has 0 bridgehead atoms. The molecule has 0 amide bonds. The molecule has 0 spiro atoms. The van der Waals surface area contributed by atoms with Crippen molar-refractivity contribution in [3.8, 4) is 22.8 Å². The van der Waals surface area contributed by atoms with Crippen LogP contribution in [0, 0.1) is 0 Å². The van der Waals surface area contributed by atoms with Crippen LogP contribution in [-0.4, -0.2) is 25.8 Å². The van der Waals surface area contributed by atoms with Gasteiger partial charge in [0.2, 0.25) is 0 Å². The van der Waals surface area contributed by atoms with E-state index in [1.54, 1.807) is 23.7 Å². The molecule has 1 saturated carbocycles. The Morgan fingerprint density at radius 3 is 2.83 bits per heavy atom. The maximum atomic E-state index is 6.23. The van der Waals surface area contributed by atoms with Crippen LogP contribution in [0.3, 0.4) is 0 Å². The van der Waals surface area contributed by atoms with Gasteiger partial charge >= 0.3 is 0 Å². The molecule has 1 aliphatic carbocycles. The lowest BCUT2D eigenvalue weighted by atomic mass is 9.96. The van der Waals surface area contributed by atoms with Gasteiger partial charge in [-0.3, -0.25) is 9.67 Å². The number of nitrogens with zero attached hydrogens (tertiary/aromatic N) is 4. The molecule has 148 valence electrons. The minimum absolute atomic E-state index is 0.554. The summed E-state index contributed by atoms with van der Waals surface area (Å²) in [6, 6.07) is 10.5. The van der Waals surface area contributed by atoms with Crippen molar-refractivity contribution >= 4 is 26.7 Å². The van der Waals surface area contributed by atoms with E-state index in [0.717, 1.165) is 38.1 Å². The Kier molecular flexibility index (Phi) is 4.89. The fourth-order valence-corrected chi connectivity index (χ4v) is 4.85. The van der Waals surface area contributed by atoms with E-state index in [1.165, 1.54) is 32.1 Å². The Labute approximate surface area is 173 Å². The second-order valence-electron chi connectivity index (χ2n) is 7.44. The first-order chi connectivity index (χ1) is 14.3. The van der Waals surface area contributed by atoms with Gasteiger partial charge in [0.25, 0.3) is 0 Å². The predicted molar refractivity (Wildman–Crippen MR) is 117 cm³/mol. The number of hydrogen-bond donors (Lipinski definition) is 1. The number of thiazole rings is 1. The number of fused-ring (bicyclic) bond motifs is 1. The van der Waals surface area contributed by atoms with Crippen LogP contribution in [0.4, 0.5) is 5.13 Å². The van der Waals surface area contributed by atoms with Gasteiger partial charge in [0.1, 0.15) is 11.5 Å². The monoisotopic (exact) mass is 405 g/mol. The molecule has 0 saturated heterocycles. The summed E-state index contributed by atoms with van der Waals surface area (Å²) >= 11 is 1.69. The number of aromatic nitrogens is 4. The van der Waals surface area contributed by atoms with Crippen LogP contribution in [0.5, 0.6) is 11.5 Å². The summed E-state index contributed by atoms with van der Waals surface area (Å²) in [5, 5.41) is 8.88. The van der Waals surface area contributed by atoms with Crippen molar-refractivity contribution in [2.24, 2.45) is 7.05 Å². The van der Waals surface area contributed by atoms with Crippen molar-refractivity contribution in [3.63, 3.8) is 0 Å². The van der Waals surface area contributed by atoms with Gasteiger partial charge in [-0.25, -0.2) is 4.98 Å². The third-order valence-corrected chi connectivity index (χ3v) is 6.35. The summed E-state index contributed by atoms with van der Waals surface area (Å²) in [4.78, 5) is 9.01. The zero-order valence-corrected chi connectivity index (χ0v) is 17.2. The summed E-state index contributed by atoms with van der Waals surface area (Å²) in [5.74, 6) is 1.55. The molecule has 0 radical (unpaired) electrons. The van der Waals surface area contributed by atoms with E-state index in [-0.39, 0.29) is 0 Å². The minimum atomic E-state index is 0.554. The van der Waals surface area contributed by atoms with Crippen LogP contribution in [0.1, 0.15) is 32.1 Å². The minimum Gasteiger partial charge on any atom is -0.456 e. The highest BCUT2D eigenvalue weighted by Crippen LogP contribution is 2.35. The molecule has 6 nitrogen and oxygen atoms in total. The van der Waals surface area contributed by atoms with Crippen molar-refractivity contribution < 1.29 is 4.74 Å². The van der Waals surface area contributed by atoms with Crippen LogP contribution in [0.25, 0.3) is 21.5 Å². The highest BCUT2D eigenvalue weighted by atomic mass is 32.1. The van der Waals surface area contributed by atoms with E-state index in [0.29, 0.717) is 6.04 Å². The topological polar surface area (TPSA) is 64.9 Å². The second kappa shape index (κ2) is 7.83. The average Bonchev–Trinajstić information content (AvgIpc) is 3.34. The van der Waals surface area contributed by atoms with Crippen molar-refractivity contribution in [3.05, 3.63) is 48.9 Å². The second-order valence-corrected chi connectivity index (χ2v) is 8.47. The van der Waals surface area contributed by atoms with Gasteiger partial charge in [-0.15, -0.1) is 0 Å². The third kappa shape index (κ3) is 3.82. The number of benzene rings is 1. The van der Waals surface area contributed by atoms with Crippen LogP contribution < -0.4 is 10.1 Å². The van der Waals surface area contributed by atoms with E-state index in [2.05, 4.69) is 21.5 Å². The van der Waals surface area contributed by atoms with E-state index < -0.39 is 0 Å². The molecule has 1 aliphatic rings. The van der Waals surface area contributed by atoms with Crippen molar-refractivity contribution in [1.82, 2.24) is 19.7 Å². The number of aryl methyl sites for hydroxylation is 1. The predicted octanol–water partition coefficient (Wildman–Crippen LogP) is 5.63. The summed E-state index contributed by atoms with van der Waals surface area (Å²) in [6.45, 7) is 0. The fourth-order valence-electron chi connectivity index (χ4n) is 3.88. The van der Waals surface area contributed by atoms with Crippen molar-refractivity contribution in [2.75, 3.05) is 5.32 Å². The first-order valence-corrected chi connectivity index (χ1v) is 10.9. The molecule has 0 atom stereocenters. The van der Waals surface area contributed by atoms with Crippen LogP contribution in [-0.2, 0) is 7.05 Å². The Hall–Kier alpha value is -2.93. The van der Waals surface area contributed by atoms with Gasteiger partial charge < -0.3 is 10.1 Å². The Bertz CT molecular complexity index is 1130. The quantitative estimate of drug-likeness (QED) is 0.466. The van der Waals surface area contributed by atoms with Gasteiger partial charge in [0.15, 0.2) is 5.13 Å². The Balaban J connectivity index is 1.40. The summed E-state index contributed by atoms with van der Waals surface area (Å²) in [5.41, 5.74) is 2.88. The van der Waals surface area contributed by atoms with Crippen molar-refractivity contribution in [2.45, 2.75) is 38.1 Å². The molecule has 3 aromatic heterocycles. The largest absolute Gasteiger partial charge is 0.456 e. The molecule has 1 aromatic carbocycles. The number of ether oxygens (including phenoxy) is 1. The van der Waals surface area contributed by atoms with Gasteiger partial charge in [-0.1, -0.05) is 30.6 Å². The van der Waals surface area contributed by atoms with Crippen LogP contribution >= 0.6 is 11.3 Å². The molecule has 7 heteroatoms. The highest BCUT2D eigenvalue weighted by Gasteiger charge is 2.16. The number of nitrogens with one attached hydrogen (secondary N) is 1. The van der Waals surface area contributed by atoms with E-state index >= 15 is 0 Å². The molecule has 3 heterocycles. The van der Waals surface area contributed by atoms with Gasteiger partial charge in [-0.2, -0.15) is 5.10 Å². The lowest BCUT2D eigenvalue weighted by Crippen LogP contribution is -2.21. The maximum absolute atomic E-state index is 6.23. The summed E-state index contributed by atoms with van der Waals surface area (Å²) in [6.07, 6.45) is 11.8. The normalized spacial score (nSPS) is 14.9. The summed E-state index contributed by atoms with van der Waals surface area (Å²) < 4.78 is 9.17. The molecule has 1 N–H and O–H groups in total. The number of pyridine rings is 1. The molecule has 5 rings (SSSR count). The number of anilines is 1. The number of rotatable bonds is 5. The molecule has 29 heavy (non-hydrogen) atoms.